The Bertz CT molecular complexity index is 720. The van der Waals surface area contributed by atoms with Crippen LogP contribution < -0.4 is 0 Å². The second-order valence-corrected chi connectivity index (χ2v) is 6.49. The van der Waals surface area contributed by atoms with Crippen molar-refractivity contribution in [3.05, 3.63) is 63.7 Å². The maximum Gasteiger partial charge on any atom is 0.118 e. The molecule has 1 N–H and O–H groups in total. The predicted molar refractivity (Wildman–Crippen MR) is 84.6 cm³/mol. The zero-order valence-corrected chi connectivity index (χ0v) is 12.7. The quantitative estimate of drug-likeness (QED) is 0.795. The molecule has 0 radical (unpaired) electrons. The van der Waals surface area contributed by atoms with Crippen LogP contribution in [-0.4, -0.2) is 16.6 Å². The molecule has 2 heterocycles. The molecule has 0 fully saturated rings. The Labute approximate surface area is 126 Å². The lowest BCUT2D eigenvalue weighted by molar-refractivity contribution is 0.160. The molecule has 2 aromatic carbocycles. The molecule has 2 aliphatic rings. The highest BCUT2D eigenvalue weighted by Gasteiger charge is 2.32. The number of nitrogens with zero attached hydrogens (tertiary/aromatic N) is 1. The first-order chi connectivity index (χ1) is 10.1. The van der Waals surface area contributed by atoms with Gasteiger partial charge in [0.25, 0.3) is 0 Å². The number of phenols is 1. The molecule has 2 nitrogen and oxygen atoms in total. The monoisotopic (exact) mass is 279 g/mol. The van der Waals surface area contributed by atoms with Crippen molar-refractivity contribution in [3.8, 4) is 5.75 Å². The van der Waals surface area contributed by atoms with Crippen molar-refractivity contribution in [2.75, 3.05) is 6.54 Å². The molecule has 0 spiro atoms. The van der Waals surface area contributed by atoms with E-state index < -0.39 is 0 Å². The van der Waals surface area contributed by atoms with E-state index in [0.29, 0.717) is 11.8 Å². The van der Waals surface area contributed by atoms with Gasteiger partial charge in [0.1, 0.15) is 5.75 Å². The van der Waals surface area contributed by atoms with E-state index in [9.17, 15) is 5.11 Å². The van der Waals surface area contributed by atoms with Gasteiger partial charge in [-0.2, -0.15) is 0 Å². The first-order valence-electron chi connectivity index (χ1n) is 7.77. The van der Waals surface area contributed by atoms with E-state index in [1.54, 1.807) is 0 Å². The molecular weight excluding hydrogens is 258 g/mol. The minimum Gasteiger partial charge on any atom is -0.508 e. The molecule has 21 heavy (non-hydrogen) atoms. The number of benzene rings is 2. The number of hydrogen-bond acceptors (Lipinski definition) is 2. The van der Waals surface area contributed by atoms with Crippen LogP contribution in [0.25, 0.3) is 0 Å². The Morgan fingerprint density at radius 1 is 1.10 bits per heavy atom. The van der Waals surface area contributed by atoms with Crippen LogP contribution in [0, 0.1) is 13.8 Å². The Kier molecular flexibility index (Phi) is 2.83. The third kappa shape index (κ3) is 1.97. The van der Waals surface area contributed by atoms with E-state index >= 15 is 0 Å². The van der Waals surface area contributed by atoms with Crippen molar-refractivity contribution in [3.63, 3.8) is 0 Å². The van der Waals surface area contributed by atoms with Crippen molar-refractivity contribution in [1.29, 1.82) is 0 Å². The molecule has 0 saturated heterocycles. The maximum absolute atomic E-state index is 9.95. The lowest BCUT2D eigenvalue weighted by Gasteiger charge is -2.42. The molecule has 2 aromatic rings. The third-order valence-electron chi connectivity index (χ3n) is 5.21. The van der Waals surface area contributed by atoms with E-state index in [4.69, 9.17) is 0 Å². The van der Waals surface area contributed by atoms with Crippen LogP contribution in [0.3, 0.4) is 0 Å². The van der Waals surface area contributed by atoms with Gasteiger partial charge in [-0.15, -0.1) is 0 Å². The maximum atomic E-state index is 9.95. The first-order valence-corrected chi connectivity index (χ1v) is 7.77. The Hall–Kier alpha value is -1.80. The smallest absolute Gasteiger partial charge is 0.118 e. The largest absolute Gasteiger partial charge is 0.508 e. The summed E-state index contributed by atoms with van der Waals surface area (Å²) < 4.78 is 0. The molecule has 0 bridgehead atoms. The minimum absolute atomic E-state index is 0.431. The lowest BCUT2D eigenvalue weighted by atomic mass is 9.82. The summed E-state index contributed by atoms with van der Waals surface area (Å²) >= 11 is 0. The van der Waals surface area contributed by atoms with Gasteiger partial charge in [-0.05, 0) is 60.6 Å². The van der Waals surface area contributed by atoms with E-state index in [2.05, 4.69) is 36.1 Å². The number of rotatable bonds is 0. The van der Waals surface area contributed by atoms with Crippen LogP contribution in [0.1, 0.15) is 39.4 Å². The highest BCUT2D eigenvalue weighted by Crippen LogP contribution is 2.40. The Balaban J connectivity index is 1.80. The van der Waals surface area contributed by atoms with E-state index in [1.165, 1.54) is 27.8 Å². The fourth-order valence-corrected chi connectivity index (χ4v) is 3.92. The number of aromatic hydroxyl groups is 1. The molecule has 0 aromatic heterocycles. The van der Waals surface area contributed by atoms with Gasteiger partial charge in [-0.3, -0.25) is 4.90 Å². The molecule has 0 saturated carbocycles. The summed E-state index contributed by atoms with van der Waals surface area (Å²) in [4.78, 5) is 2.58. The normalized spacial score (nSPS) is 20.6. The SMILES string of the molecule is Cc1ccc2c(c1)C1Cc3ccc(O)c(C)c3CN1CC2. The summed E-state index contributed by atoms with van der Waals surface area (Å²) in [6, 6.07) is 11.4. The lowest BCUT2D eigenvalue weighted by Crippen LogP contribution is -2.39. The number of fused-ring (bicyclic) bond motifs is 4. The molecule has 108 valence electrons. The van der Waals surface area contributed by atoms with Gasteiger partial charge in [0, 0.05) is 19.1 Å². The molecule has 4 rings (SSSR count). The van der Waals surface area contributed by atoms with Gasteiger partial charge in [-0.25, -0.2) is 0 Å². The molecule has 2 aliphatic heterocycles. The summed E-state index contributed by atoms with van der Waals surface area (Å²) in [7, 11) is 0. The Morgan fingerprint density at radius 3 is 2.76 bits per heavy atom. The van der Waals surface area contributed by atoms with Crippen molar-refractivity contribution in [1.82, 2.24) is 4.90 Å². The summed E-state index contributed by atoms with van der Waals surface area (Å²) in [6.07, 6.45) is 2.20. The third-order valence-corrected chi connectivity index (χ3v) is 5.21. The van der Waals surface area contributed by atoms with Gasteiger partial charge in [0.2, 0.25) is 0 Å². The second-order valence-electron chi connectivity index (χ2n) is 6.49. The molecular formula is C19H21NO. The second kappa shape index (κ2) is 4.60. The molecule has 1 atom stereocenters. The van der Waals surface area contributed by atoms with Gasteiger partial charge >= 0.3 is 0 Å². The van der Waals surface area contributed by atoms with Crippen LogP contribution in [-0.2, 0) is 19.4 Å². The van der Waals surface area contributed by atoms with E-state index in [1.807, 2.05) is 13.0 Å². The van der Waals surface area contributed by atoms with Crippen molar-refractivity contribution >= 4 is 0 Å². The number of hydrogen-bond donors (Lipinski definition) is 1. The topological polar surface area (TPSA) is 23.5 Å². The van der Waals surface area contributed by atoms with Crippen molar-refractivity contribution in [2.24, 2.45) is 0 Å². The van der Waals surface area contributed by atoms with Gasteiger partial charge in [0.15, 0.2) is 0 Å². The highest BCUT2D eigenvalue weighted by molar-refractivity contribution is 5.47. The minimum atomic E-state index is 0.431. The zero-order valence-electron chi connectivity index (χ0n) is 12.7. The average molecular weight is 279 g/mol. The summed E-state index contributed by atoms with van der Waals surface area (Å²) in [5.41, 5.74) is 8.17. The van der Waals surface area contributed by atoms with Gasteiger partial charge in [0.05, 0.1) is 0 Å². The summed E-state index contributed by atoms with van der Waals surface area (Å²) in [5.74, 6) is 0.431. The predicted octanol–water partition coefficient (Wildman–Crippen LogP) is 3.66. The average Bonchev–Trinajstić information content (AvgIpc) is 2.50. The van der Waals surface area contributed by atoms with Crippen LogP contribution >= 0.6 is 0 Å². The Morgan fingerprint density at radius 2 is 1.90 bits per heavy atom. The van der Waals surface area contributed by atoms with E-state index in [0.717, 1.165) is 31.5 Å². The highest BCUT2D eigenvalue weighted by atomic mass is 16.3. The van der Waals surface area contributed by atoms with Crippen LogP contribution in [0.5, 0.6) is 5.75 Å². The van der Waals surface area contributed by atoms with Crippen molar-refractivity contribution in [2.45, 2.75) is 39.3 Å². The molecule has 2 heteroatoms. The van der Waals surface area contributed by atoms with E-state index in [-0.39, 0.29) is 0 Å². The van der Waals surface area contributed by atoms with Gasteiger partial charge in [-0.1, -0.05) is 29.8 Å². The number of phenolic OH excluding ortho intramolecular Hbond substituents is 1. The van der Waals surface area contributed by atoms with Gasteiger partial charge < -0.3 is 5.11 Å². The van der Waals surface area contributed by atoms with Crippen LogP contribution in [0.15, 0.2) is 30.3 Å². The fraction of sp³-hybridized carbons (Fsp3) is 0.368. The standard InChI is InChI=1S/C19H21NO/c1-12-3-4-14-7-8-20-11-17-13(2)19(21)6-5-15(17)10-18(20)16(14)9-12/h3-6,9,18,21H,7-8,10-11H2,1-2H3. The first kappa shape index (κ1) is 12.9. The summed E-state index contributed by atoms with van der Waals surface area (Å²) in [6.45, 7) is 6.30. The molecule has 0 amide bonds. The molecule has 0 aliphatic carbocycles. The molecule has 1 unspecified atom stereocenters. The van der Waals surface area contributed by atoms with Crippen LogP contribution in [0.2, 0.25) is 0 Å². The zero-order chi connectivity index (χ0) is 14.6. The van der Waals surface area contributed by atoms with Crippen molar-refractivity contribution < 1.29 is 5.11 Å². The fourth-order valence-electron chi connectivity index (χ4n) is 3.92. The summed E-state index contributed by atoms with van der Waals surface area (Å²) in [5, 5.41) is 9.95. The number of aryl methyl sites for hydroxylation is 1. The van der Waals surface area contributed by atoms with Crippen LogP contribution in [0.4, 0.5) is 0 Å².